The van der Waals surface area contributed by atoms with Gasteiger partial charge in [-0.25, -0.2) is 0 Å². The Kier molecular flexibility index (Phi) is 25.3. The number of amides is 4. The van der Waals surface area contributed by atoms with Crippen molar-refractivity contribution in [3.8, 4) is 40.2 Å². The van der Waals surface area contributed by atoms with E-state index in [1.807, 2.05) is 69.2 Å². The number of rotatable bonds is 33. The van der Waals surface area contributed by atoms with Gasteiger partial charge in [0.25, 0.3) is 23.6 Å². The maximum atomic E-state index is 14.7. The van der Waals surface area contributed by atoms with E-state index < -0.39 is 23.6 Å². The number of ether oxygens (including phenoxy) is 7. The number of anilines is 4. The van der Waals surface area contributed by atoms with Crippen LogP contribution < -0.4 is 54.4 Å². The summed E-state index contributed by atoms with van der Waals surface area (Å²) < 4.78 is 43.1. The Hall–Kier alpha value is -8.80. The summed E-state index contributed by atoms with van der Waals surface area (Å²) in [6.07, 6.45) is 3.25. The quantitative estimate of drug-likeness (QED) is 0.0133. The van der Waals surface area contributed by atoms with Crippen LogP contribution in [0.1, 0.15) is 147 Å². The Morgan fingerprint density at radius 3 is 1.07 bits per heavy atom. The number of unbranched alkanes of at least 4 members (excludes halogenated alkanes) is 2. The summed E-state index contributed by atoms with van der Waals surface area (Å²) in [4.78, 5) is 63.8. The second-order valence-corrected chi connectivity index (χ2v) is 21.1. The first kappa shape index (κ1) is 64.0. The molecule has 0 saturated carbocycles. The first-order valence-corrected chi connectivity index (χ1v) is 27.7. The second kappa shape index (κ2) is 32.5. The van der Waals surface area contributed by atoms with Crippen molar-refractivity contribution in [1.29, 1.82) is 0 Å². The van der Waals surface area contributed by atoms with Crippen molar-refractivity contribution in [3.63, 3.8) is 0 Å². The lowest BCUT2D eigenvalue weighted by Gasteiger charge is -2.21. The number of hydrogen-bond donors (Lipinski definition) is 4. The topological polar surface area (TPSA) is 279 Å². The van der Waals surface area contributed by atoms with E-state index in [1.165, 1.54) is 37.4 Å². The summed E-state index contributed by atoms with van der Waals surface area (Å²) in [6.45, 7) is 21.7. The Bertz CT molecular complexity index is 2900. The lowest BCUT2D eigenvalue weighted by Crippen LogP contribution is -2.20. The summed E-state index contributed by atoms with van der Waals surface area (Å²) in [5, 5.41) is 19.2. The minimum atomic E-state index is -0.689. The SMILES string of the molecule is CCCCOc1ccc(CN=[N+]=[N-])cc1C(=O)Nc1cc(NC(=O)c2cccc(C(=O)Nc3cc(NC(=O)c4cc(CN=[N+]=[N-])ccc4OCCCC)c(OCC(C)C)cc3OCC(C)C)c2OC)c(OCC(C)C)cc1OCC(C)C. The summed E-state index contributed by atoms with van der Waals surface area (Å²) in [5.41, 5.74) is 20.2. The van der Waals surface area contributed by atoms with Gasteiger partial charge in [-0.2, -0.15) is 0 Å². The van der Waals surface area contributed by atoms with Gasteiger partial charge in [0.1, 0.15) is 40.2 Å². The van der Waals surface area contributed by atoms with E-state index in [1.54, 1.807) is 48.5 Å². The number of nitrogens with zero attached hydrogens (tertiary/aromatic N) is 6. The van der Waals surface area contributed by atoms with Gasteiger partial charge in [-0.05, 0) is 107 Å². The highest BCUT2D eigenvalue weighted by Gasteiger charge is 2.26. The van der Waals surface area contributed by atoms with Gasteiger partial charge in [-0.3, -0.25) is 19.2 Å². The normalized spacial score (nSPS) is 10.9. The maximum absolute atomic E-state index is 14.7. The summed E-state index contributed by atoms with van der Waals surface area (Å²) in [7, 11) is 1.34. The molecule has 0 aromatic heterocycles. The van der Waals surface area contributed by atoms with Gasteiger partial charge in [0.15, 0.2) is 0 Å². The molecule has 21 nitrogen and oxygen atoms in total. The van der Waals surface area contributed by atoms with Gasteiger partial charge in [0.2, 0.25) is 0 Å². The van der Waals surface area contributed by atoms with E-state index in [9.17, 15) is 19.2 Å². The van der Waals surface area contributed by atoms with Crippen LogP contribution in [-0.2, 0) is 13.1 Å². The summed E-state index contributed by atoms with van der Waals surface area (Å²) in [5.74, 6) is -0.562. The lowest BCUT2D eigenvalue weighted by atomic mass is 10.1. The van der Waals surface area contributed by atoms with Gasteiger partial charge in [-0.1, -0.05) is 111 Å². The van der Waals surface area contributed by atoms with E-state index in [4.69, 9.17) is 44.2 Å². The van der Waals surface area contributed by atoms with Crippen LogP contribution in [0.3, 0.4) is 0 Å². The molecule has 0 saturated heterocycles. The van der Waals surface area contributed by atoms with Crippen LogP contribution in [0.5, 0.6) is 40.2 Å². The summed E-state index contributed by atoms with van der Waals surface area (Å²) >= 11 is 0. The first-order chi connectivity index (χ1) is 39.4. The molecule has 0 spiro atoms. The molecule has 0 bridgehead atoms. The van der Waals surface area contributed by atoms with E-state index in [2.05, 4.69) is 41.3 Å². The second-order valence-electron chi connectivity index (χ2n) is 21.1. The predicted octanol–water partition coefficient (Wildman–Crippen LogP) is 14.8. The monoisotopic (exact) mass is 1130 g/mol. The molecule has 0 heterocycles. The van der Waals surface area contributed by atoms with Gasteiger partial charge in [0, 0.05) is 22.0 Å². The van der Waals surface area contributed by atoms with Crippen molar-refractivity contribution in [3.05, 3.63) is 133 Å². The molecule has 0 unspecified atom stereocenters. The molecule has 0 fully saturated rings. The number of azide groups is 2. The molecule has 5 rings (SSSR count). The van der Waals surface area contributed by atoms with Crippen LogP contribution in [0.2, 0.25) is 0 Å². The zero-order valence-corrected chi connectivity index (χ0v) is 49.0. The predicted molar refractivity (Wildman–Crippen MR) is 318 cm³/mol. The molecule has 82 heavy (non-hydrogen) atoms. The van der Waals surface area contributed by atoms with E-state index in [0.29, 0.717) is 35.8 Å². The van der Waals surface area contributed by atoms with Crippen molar-refractivity contribution in [2.75, 3.05) is 68.0 Å². The maximum Gasteiger partial charge on any atom is 0.259 e. The van der Waals surface area contributed by atoms with Crippen LogP contribution >= 0.6 is 0 Å². The van der Waals surface area contributed by atoms with Crippen molar-refractivity contribution in [2.45, 2.75) is 108 Å². The third-order valence-corrected chi connectivity index (χ3v) is 11.9. The first-order valence-electron chi connectivity index (χ1n) is 27.7. The van der Waals surface area contributed by atoms with Gasteiger partial charge in [0.05, 0.1) is 105 Å². The number of benzene rings is 5. The van der Waals surface area contributed by atoms with Gasteiger partial charge >= 0.3 is 0 Å². The zero-order chi connectivity index (χ0) is 59.7. The minimum Gasteiger partial charge on any atom is -0.495 e. The minimum absolute atomic E-state index is 0.00471. The average molecular weight is 1130 g/mol. The van der Waals surface area contributed by atoms with Crippen molar-refractivity contribution >= 4 is 46.4 Å². The van der Waals surface area contributed by atoms with Crippen molar-refractivity contribution in [1.82, 2.24) is 0 Å². The van der Waals surface area contributed by atoms with E-state index >= 15 is 0 Å². The van der Waals surface area contributed by atoms with Gasteiger partial charge < -0.3 is 54.4 Å². The molecule has 4 N–H and O–H groups in total. The molecular formula is C61H78N10O11. The fourth-order valence-corrected chi connectivity index (χ4v) is 7.73. The number of nitrogens with one attached hydrogen (secondary N) is 4. The molecule has 438 valence electrons. The highest BCUT2D eigenvalue weighted by molar-refractivity contribution is 6.14. The molecular weight excluding hydrogens is 1050 g/mol. The van der Waals surface area contributed by atoms with Crippen LogP contribution in [0.25, 0.3) is 20.9 Å². The summed E-state index contributed by atoms with van der Waals surface area (Å²) in [6, 6.07) is 20.8. The lowest BCUT2D eigenvalue weighted by molar-refractivity contribution is 0.101. The van der Waals surface area contributed by atoms with Crippen LogP contribution in [0.4, 0.5) is 22.7 Å². The third-order valence-electron chi connectivity index (χ3n) is 11.9. The highest BCUT2D eigenvalue weighted by atomic mass is 16.5. The molecule has 0 aliphatic carbocycles. The highest BCUT2D eigenvalue weighted by Crippen LogP contribution is 2.41. The molecule has 5 aromatic rings. The molecule has 5 aromatic carbocycles. The molecule has 0 radical (unpaired) electrons. The Labute approximate surface area is 480 Å². The number of carbonyl (C=O) groups excluding carboxylic acids is 4. The molecule has 21 heteroatoms. The zero-order valence-electron chi connectivity index (χ0n) is 49.0. The van der Waals surface area contributed by atoms with Gasteiger partial charge in [-0.15, -0.1) is 0 Å². The fourth-order valence-electron chi connectivity index (χ4n) is 7.73. The largest absolute Gasteiger partial charge is 0.495 e. The van der Waals surface area contributed by atoms with Crippen molar-refractivity contribution < 1.29 is 52.3 Å². The molecule has 0 aliphatic heterocycles. The molecule has 0 aliphatic rings. The molecule has 0 atom stereocenters. The molecule has 4 amide bonds. The number of hydrogen-bond acceptors (Lipinski definition) is 13. The van der Waals surface area contributed by atoms with Crippen molar-refractivity contribution in [2.24, 2.45) is 33.9 Å². The smallest absolute Gasteiger partial charge is 0.259 e. The Morgan fingerprint density at radius 1 is 0.451 bits per heavy atom. The van der Waals surface area contributed by atoms with Crippen LogP contribution in [-0.4, -0.2) is 70.4 Å². The van der Waals surface area contributed by atoms with E-state index in [0.717, 1.165) is 25.7 Å². The number of para-hydroxylation sites is 1. The van der Waals surface area contributed by atoms with Crippen LogP contribution in [0, 0.1) is 23.7 Å². The van der Waals surface area contributed by atoms with Crippen LogP contribution in [0.15, 0.2) is 89.1 Å². The average Bonchev–Trinajstić information content (AvgIpc) is 3.50. The van der Waals surface area contributed by atoms with E-state index in [-0.39, 0.29) is 137 Å². The Balaban J connectivity index is 1.57. The fraction of sp³-hybridized carbons (Fsp3) is 0.443. The Morgan fingerprint density at radius 2 is 0.780 bits per heavy atom. The third kappa shape index (κ3) is 19.2. The number of carbonyl (C=O) groups is 4. The number of methoxy groups -OCH3 is 1. The standard InChI is InChI=1S/C61H78N10O11/c1-12-14-23-77-51-21-19-41(31-64-70-62)25-45(51)60(74)68-49-27-47(53(79-33-37(3)4)29-55(49)81-35-39(7)8)66-58(72)43-17-16-18-44(57(43)76-11)59(73)67-48-28-50(56(82-36-40(9)10)30-54(48)80-34-38(5)6)69-61(75)46-26-42(32-65-71-63)20-22-52(46)78-24-15-13-2/h16-22,25-30,37-40H,12-15,23-24,31-36H2,1-11H3,(H,66,72)(H,67,73)(H,68,74)(H,69,75).